The molecule has 0 amide bonds. The minimum Gasteiger partial charge on any atom is -0.508 e. The van der Waals surface area contributed by atoms with Gasteiger partial charge in [0.25, 0.3) is 0 Å². The average Bonchev–Trinajstić information content (AvgIpc) is 3.04. The van der Waals surface area contributed by atoms with E-state index < -0.39 is 0 Å². The number of thiophene rings is 1. The Morgan fingerprint density at radius 2 is 2.05 bits per heavy atom. The van der Waals surface area contributed by atoms with Crippen LogP contribution in [0.4, 0.5) is 0 Å². The third-order valence-electron chi connectivity index (χ3n) is 4.34. The summed E-state index contributed by atoms with van der Waals surface area (Å²) in [5, 5.41) is 22.5. The summed E-state index contributed by atoms with van der Waals surface area (Å²) in [4.78, 5) is 3.43. The van der Waals surface area contributed by atoms with E-state index >= 15 is 0 Å². The fraction of sp³-hybridized carbons (Fsp3) is 0.412. The summed E-state index contributed by atoms with van der Waals surface area (Å²) in [6, 6.07) is 9.14. The van der Waals surface area contributed by atoms with Crippen LogP contribution < -0.4 is 0 Å². The average molecular weight is 338 g/mol. The first-order chi connectivity index (χ1) is 10.6. The Morgan fingerprint density at radius 1 is 1.27 bits per heavy atom. The molecule has 0 bridgehead atoms. The van der Waals surface area contributed by atoms with Crippen LogP contribution in [0.15, 0.2) is 35.7 Å². The topological polar surface area (TPSA) is 43.7 Å². The molecule has 0 saturated carbocycles. The van der Waals surface area contributed by atoms with E-state index in [1.54, 1.807) is 23.5 Å². The lowest BCUT2D eigenvalue weighted by Crippen LogP contribution is -2.35. The number of phenols is 1. The Balaban J connectivity index is 1.55. The second-order valence-electron chi connectivity index (χ2n) is 5.85. The van der Waals surface area contributed by atoms with E-state index in [4.69, 9.17) is 11.6 Å². The highest BCUT2D eigenvalue weighted by Gasteiger charge is 2.26. The molecule has 2 aromatic rings. The molecule has 3 rings (SSSR count). The molecular weight excluding hydrogens is 318 g/mol. The number of aliphatic hydroxyl groups is 1. The largest absolute Gasteiger partial charge is 0.508 e. The second kappa shape index (κ2) is 7.01. The number of nitrogens with zero attached hydrogens (tertiary/aromatic N) is 1. The molecule has 118 valence electrons. The lowest BCUT2D eigenvalue weighted by atomic mass is 9.90. The van der Waals surface area contributed by atoms with Crippen molar-refractivity contribution in [2.75, 3.05) is 13.1 Å². The maximum Gasteiger partial charge on any atom is 0.117 e. The summed E-state index contributed by atoms with van der Waals surface area (Å²) >= 11 is 7.80. The van der Waals surface area contributed by atoms with Gasteiger partial charge in [0.2, 0.25) is 0 Å². The van der Waals surface area contributed by atoms with Gasteiger partial charge in [-0.25, -0.2) is 0 Å². The van der Waals surface area contributed by atoms with E-state index in [1.807, 2.05) is 23.6 Å². The zero-order valence-electron chi connectivity index (χ0n) is 12.3. The third kappa shape index (κ3) is 3.63. The molecule has 3 nitrogen and oxygen atoms in total. The smallest absolute Gasteiger partial charge is 0.117 e. The van der Waals surface area contributed by atoms with Crippen molar-refractivity contribution in [2.24, 2.45) is 5.92 Å². The molecule has 0 aliphatic carbocycles. The van der Waals surface area contributed by atoms with Crippen LogP contribution in [0.5, 0.6) is 5.75 Å². The maximum absolute atomic E-state index is 10.4. The summed E-state index contributed by atoms with van der Waals surface area (Å²) in [5.74, 6) is 0.539. The Morgan fingerprint density at radius 3 is 2.68 bits per heavy atom. The number of hydrogen-bond donors (Lipinski definition) is 2. The molecule has 1 aliphatic heterocycles. The van der Waals surface area contributed by atoms with E-state index in [0.29, 0.717) is 10.9 Å². The minimum atomic E-state index is -0.334. The highest BCUT2D eigenvalue weighted by atomic mass is 35.5. The van der Waals surface area contributed by atoms with E-state index in [9.17, 15) is 10.2 Å². The number of aromatic hydroxyl groups is 1. The molecule has 1 aliphatic rings. The number of hydrogen-bond acceptors (Lipinski definition) is 4. The predicted octanol–water partition coefficient (Wildman–Crippen LogP) is 4.05. The van der Waals surface area contributed by atoms with E-state index in [1.165, 1.54) is 0 Å². The van der Waals surface area contributed by atoms with Crippen molar-refractivity contribution in [3.8, 4) is 5.75 Å². The number of phenolic OH excluding ortho intramolecular Hbond substituents is 1. The van der Waals surface area contributed by atoms with E-state index in [-0.39, 0.29) is 11.9 Å². The van der Waals surface area contributed by atoms with Gasteiger partial charge in [-0.1, -0.05) is 23.7 Å². The van der Waals surface area contributed by atoms with Crippen molar-refractivity contribution >= 4 is 22.9 Å². The minimum absolute atomic E-state index is 0.200. The molecule has 1 saturated heterocycles. The molecule has 1 atom stereocenters. The van der Waals surface area contributed by atoms with Crippen LogP contribution in [0.2, 0.25) is 5.02 Å². The maximum atomic E-state index is 10.4. The van der Waals surface area contributed by atoms with Crippen LogP contribution in [0.25, 0.3) is 0 Å². The van der Waals surface area contributed by atoms with Crippen LogP contribution in [0.3, 0.4) is 0 Å². The highest BCUT2D eigenvalue weighted by molar-refractivity contribution is 7.10. The van der Waals surface area contributed by atoms with Gasteiger partial charge in [0, 0.05) is 16.4 Å². The number of halogens is 1. The molecule has 5 heteroatoms. The molecule has 0 spiro atoms. The van der Waals surface area contributed by atoms with Crippen LogP contribution >= 0.6 is 22.9 Å². The first kappa shape index (κ1) is 15.8. The summed E-state index contributed by atoms with van der Waals surface area (Å²) in [7, 11) is 0. The van der Waals surface area contributed by atoms with Gasteiger partial charge >= 0.3 is 0 Å². The molecule has 1 fully saturated rings. The molecule has 1 aromatic carbocycles. The number of rotatable bonds is 4. The highest BCUT2D eigenvalue weighted by Crippen LogP contribution is 2.33. The molecule has 2 N–H and O–H groups in total. The van der Waals surface area contributed by atoms with E-state index in [0.717, 1.165) is 42.9 Å². The normalized spacial score (nSPS) is 18.5. The van der Waals surface area contributed by atoms with Crippen LogP contribution in [0, 0.1) is 5.92 Å². The number of likely N-dealkylation sites (tertiary alicyclic amines) is 1. The Kier molecular flexibility index (Phi) is 5.03. The van der Waals surface area contributed by atoms with Crippen molar-refractivity contribution in [1.82, 2.24) is 4.90 Å². The number of piperidine rings is 1. The van der Waals surface area contributed by atoms with Gasteiger partial charge in [0.05, 0.1) is 6.10 Å². The lowest BCUT2D eigenvalue weighted by Gasteiger charge is -2.34. The van der Waals surface area contributed by atoms with Crippen LogP contribution in [-0.4, -0.2) is 28.2 Å². The summed E-state index contributed by atoms with van der Waals surface area (Å²) in [6.07, 6.45) is 1.66. The van der Waals surface area contributed by atoms with Crippen molar-refractivity contribution in [2.45, 2.75) is 25.5 Å². The Hall–Kier alpha value is -1.07. The summed E-state index contributed by atoms with van der Waals surface area (Å²) in [5.41, 5.74) is 1.04. The fourth-order valence-corrected chi connectivity index (χ4v) is 4.06. The van der Waals surface area contributed by atoms with Crippen molar-refractivity contribution < 1.29 is 10.2 Å². The first-order valence-electron chi connectivity index (χ1n) is 7.54. The first-order valence-corrected chi connectivity index (χ1v) is 8.80. The van der Waals surface area contributed by atoms with Gasteiger partial charge in [-0.3, -0.25) is 4.90 Å². The van der Waals surface area contributed by atoms with Gasteiger partial charge in [-0.05, 0) is 61.0 Å². The predicted molar refractivity (Wildman–Crippen MR) is 90.4 cm³/mol. The second-order valence-corrected chi connectivity index (χ2v) is 7.24. The van der Waals surface area contributed by atoms with Crippen molar-refractivity contribution in [1.29, 1.82) is 0 Å². The lowest BCUT2D eigenvalue weighted by molar-refractivity contribution is 0.0591. The monoisotopic (exact) mass is 337 g/mol. The van der Waals surface area contributed by atoms with Gasteiger partial charge < -0.3 is 10.2 Å². The van der Waals surface area contributed by atoms with Crippen LogP contribution in [-0.2, 0) is 6.54 Å². The van der Waals surface area contributed by atoms with Crippen LogP contribution in [0.1, 0.15) is 29.4 Å². The molecule has 2 heterocycles. The van der Waals surface area contributed by atoms with Gasteiger partial charge in [-0.2, -0.15) is 0 Å². The van der Waals surface area contributed by atoms with Gasteiger partial charge in [0.1, 0.15) is 5.75 Å². The zero-order valence-corrected chi connectivity index (χ0v) is 13.9. The Labute approximate surface area is 139 Å². The SMILES string of the molecule is Oc1ccc(CN2CCC(C(O)c3cccs3)CC2)c(Cl)c1. The summed E-state index contributed by atoms with van der Waals surface area (Å²) < 4.78 is 0. The Bertz CT molecular complexity index is 609. The molecule has 1 aromatic heterocycles. The quantitative estimate of drug-likeness (QED) is 0.884. The van der Waals surface area contributed by atoms with Crippen molar-refractivity contribution in [3.05, 3.63) is 51.2 Å². The zero-order chi connectivity index (χ0) is 15.5. The molecule has 0 radical (unpaired) electrons. The number of benzene rings is 1. The number of aliphatic hydroxyl groups excluding tert-OH is 1. The fourth-order valence-electron chi connectivity index (χ4n) is 3.02. The summed E-state index contributed by atoms with van der Waals surface area (Å²) in [6.45, 7) is 2.72. The van der Waals surface area contributed by atoms with Gasteiger partial charge in [0.15, 0.2) is 0 Å². The third-order valence-corrected chi connectivity index (χ3v) is 5.64. The van der Waals surface area contributed by atoms with Crippen molar-refractivity contribution in [3.63, 3.8) is 0 Å². The van der Waals surface area contributed by atoms with E-state index in [2.05, 4.69) is 4.90 Å². The molecular formula is C17H20ClNO2S. The molecule has 1 unspecified atom stereocenters. The molecule has 22 heavy (non-hydrogen) atoms. The standard InChI is InChI=1S/C17H20ClNO2S/c18-15-10-14(20)4-3-13(15)11-19-7-5-12(6-8-19)17(21)16-2-1-9-22-16/h1-4,9-10,12,17,20-21H,5-8,11H2. The van der Waals surface area contributed by atoms with Gasteiger partial charge in [-0.15, -0.1) is 11.3 Å².